The number of fused-ring (bicyclic) bond motifs is 2. The lowest BCUT2D eigenvalue weighted by Gasteiger charge is -2.22. The Morgan fingerprint density at radius 3 is 2.41 bits per heavy atom. The molecular weight excluding hydrogens is 446 g/mol. The number of carbonyl (C=O) groups is 2. The number of hydrogen-bond donors (Lipinski definition) is 2. The van der Waals surface area contributed by atoms with E-state index in [0.717, 1.165) is 12.1 Å². The fourth-order valence-electron chi connectivity index (χ4n) is 3.86. The van der Waals surface area contributed by atoms with Crippen molar-refractivity contribution in [2.24, 2.45) is 5.92 Å². The molecule has 0 aliphatic carbocycles. The van der Waals surface area contributed by atoms with Gasteiger partial charge < -0.3 is 4.57 Å². The first-order chi connectivity index (χ1) is 16.2. The van der Waals surface area contributed by atoms with Crippen molar-refractivity contribution in [2.75, 3.05) is 0 Å². The number of nitrogens with zero attached hydrogens (tertiary/aromatic N) is 4. The van der Waals surface area contributed by atoms with E-state index in [1.807, 2.05) is 0 Å². The van der Waals surface area contributed by atoms with Gasteiger partial charge in [0.15, 0.2) is 17.3 Å². The fourth-order valence-corrected chi connectivity index (χ4v) is 3.86. The summed E-state index contributed by atoms with van der Waals surface area (Å²) >= 11 is 0. The van der Waals surface area contributed by atoms with Gasteiger partial charge in [0.2, 0.25) is 0 Å². The van der Waals surface area contributed by atoms with Crippen LogP contribution in [0.2, 0.25) is 0 Å². The zero-order valence-corrected chi connectivity index (χ0v) is 18.7. The highest BCUT2D eigenvalue weighted by molar-refractivity contribution is 6.05. The number of hydrazine groups is 1. The summed E-state index contributed by atoms with van der Waals surface area (Å²) in [6.45, 7) is 5.52. The Morgan fingerprint density at radius 1 is 1.06 bits per heavy atom. The monoisotopic (exact) mass is 468 g/mol. The van der Waals surface area contributed by atoms with Crippen molar-refractivity contribution >= 4 is 33.6 Å². The van der Waals surface area contributed by atoms with E-state index in [0.29, 0.717) is 10.8 Å². The smallest absolute Gasteiger partial charge is 0.290 e. The molecule has 2 aromatic carbocycles. The maximum Gasteiger partial charge on any atom is 0.290 e. The predicted octanol–water partition coefficient (Wildman–Crippen LogP) is 2.70. The summed E-state index contributed by atoms with van der Waals surface area (Å²) in [6.07, 6.45) is 1.32. The summed E-state index contributed by atoms with van der Waals surface area (Å²) in [7, 11) is 0. The molecule has 2 aromatic heterocycles. The number of hydrogen-bond acceptors (Lipinski definition) is 5. The Balaban J connectivity index is 1.62. The van der Waals surface area contributed by atoms with Gasteiger partial charge in [-0.15, -0.1) is 0 Å². The Morgan fingerprint density at radius 2 is 1.74 bits per heavy atom. The molecule has 0 fully saturated rings. The van der Waals surface area contributed by atoms with Crippen molar-refractivity contribution in [1.82, 2.24) is 30.2 Å². The van der Waals surface area contributed by atoms with E-state index in [-0.39, 0.29) is 34.7 Å². The van der Waals surface area contributed by atoms with Crippen LogP contribution < -0.4 is 16.4 Å². The van der Waals surface area contributed by atoms with Crippen molar-refractivity contribution in [1.29, 1.82) is 0 Å². The highest BCUT2D eigenvalue weighted by atomic mass is 19.2. The third-order valence-corrected chi connectivity index (χ3v) is 5.50. The molecule has 11 heteroatoms. The minimum absolute atomic E-state index is 0.0240. The molecule has 1 unspecified atom stereocenters. The van der Waals surface area contributed by atoms with E-state index >= 15 is 0 Å². The van der Waals surface area contributed by atoms with Crippen molar-refractivity contribution in [3.8, 4) is 0 Å². The molecule has 176 valence electrons. The molecule has 0 radical (unpaired) electrons. The van der Waals surface area contributed by atoms with Crippen molar-refractivity contribution in [3.63, 3.8) is 0 Å². The molecule has 4 rings (SSSR count). The molecule has 0 saturated carbocycles. The highest BCUT2D eigenvalue weighted by Gasteiger charge is 2.27. The molecule has 4 aromatic rings. The van der Waals surface area contributed by atoms with Gasteiger partial charge in [-0.1, -0.05) is 32.0 Å². The second-order valence-electron chi connectivity index (χ2n) is 8.05. The SMILES string of the molecule is CCn1nc(C(=O)NNC(=O)C(C(C)C)n2cnc3cc(F)c(F)cc32)c2ccccc2c1=O. The maximum atomic E-state index is 13.8. The molecule has 0 bridgehead atoms. The van der Waals surface area contributed by atoms with E-state index in [1.54, 1.807) is 45.0 Å². The van der Waals surface area contributed by atoms with E-state index < -0.39 is 29.5 Å². The molecule has 0 aliphatic rings. The molecule has 0 aliphatic heterocycles. The van der Waals surface area contributed by atoms with Crippen LogP contribution in [0, 0.1) is 17.6 Å². The summed E-state index contributed by atoms with van der Waals surface area (Å²) in [5.41, 5.74) is 4.80. The summed E-state index contributed by atoms with van der Waals surface area (Å²) in [6, 6.07) is 7.61. The lowest BCUT2D eigenvalue weighted by atomic mass is 10.0. The minimum Gasteiger partial charge on any atom is -0.317 e. The van der Waals surface area contributed by atoms with E-state index in [2.05, 4.69) is 20.9 Å². The number of rotatable bonds is 5. The molecule has 0 saturated heterocycles. The van der Waals surface area contributed by atoms with Gasteiger partial charge in [-0.05, 0) is 18.9 Å². The predicted molar refractivity (Wildman–Crippen MR) is 121 cm³/mol. The molecular formula is C23H22F2N6O3. The Hall–Kier alpha value is -4.15. The summed E-state index contributed by atoms with van der Waals surface area (Å²) < 4.78 is 30.0. The first-order valence-corrected chi connectivity index (χ1v) is 10.6. The number of carbonyl (C=O) groups excluding carboxylic acids is 2. The summed E-state index contributed by atoms with van der Waals surface area (Å²) in [5.74, 6) is -3.69. The molecule has 2 amide bonds. The van der Waals surface area contributed by atoms with E-state index in [9.17, 15) is 23.2 Å². The van der Waals surface area contributed by atoms with Crippen LogP contribution in [0.25, 0.3) is 21.8 Å². The van der Waals surface area contributed by atoms with E-state index in [4.69, 9.17) is 0 Å². The lowest BCUT2D eigenvalue weighted by molar-refractivity contribution is -0.126. The molecule has 0 spiro atoms. The number of amides is 2. The molecule has 1 atom stereocenters. The topological polar surface area (TPSA) is 111 Å². The molecule has 2 N–H and O–H groups in total. The summed E-state index contributed by atoms with van der Waals surface area (Å²) in [5, 5.41) is 4.81. The standard InChI is InChI=1S/C23H22F2N6O3/c1-4-31-23(34)14-8-6-5-7-13(14)19(29-31)21(32)27-28-22(33)20(12(2)3)30-11-26-17-9-15(24)16(25)10-18(17)30/h5-12,20H,4H2,1-3H3,(H,27,32)(H,28,33). The van der Waals surface area contributed by atoms with Crippen LogP contribution in [0.5, 0.6) is 0 Å². The molecule has 34 heavy (non-hydrogen) atoms. The zero-order chi connectivity index (χ0) is 24.6. The minimum atomic E-state index is -1.06. The molecule has 2 heterocycles. The van der Waals surface area contributed by atoms with Gasteiger partial charge in [-0.2, -0.15) is 5.10 Å². The van der Waals surface area contributed by atoms with Crippen LogP contribution in [0.3, 0.4) is 0 Å². The van der Waals surface area contributed by atoms with Crippen LogP contribution in [0.15, 0.2) is 47.5 Å². The number of aromatic nitrogens is 4. The number of halogens is 2. The Labute approximate surface area is 192 Å². The van der Waals surface area contributed by atoms with Gasteiger partial charge in [0, 0.05) is 24.1 Å². The number of benzene rings is 2. The van der Waals surface area contributed by atoms with Crippen LogP contribution in [-0.2, 0) is 11.3 Å². The number of nitrogens with one attached hydrogen (secondary N) is 2. The summed E-state index contributed by atoms with van der Waals surface area (Å²) in [4.78, 5) is 42.5. The fraction of sp³-hybridized carbons (Fsp3) is 0.261. The highest BCUT2D eigenvalue weighted by Crippen LogP contribution is 2.25. The van der Waals surface area contributed by atoms with Crippen molar-refractivity contribution in [2.45, 2.75) is 33.4 Å². The Bertz CT molecular complexity index is 1480. The second-order valence-corrected chi connectivity index (χ2v) is 8.05. The third-order valence-electron chi connectivity index (χ3n) is 5.50. The largest absolute Gasteiger partial charge is 0.317 e. The zero-order valence-electron chi connectivity index (χ0n) is 18.7. The van der Waals surface area contributed by atoms with Gasteiger partial charge in [0.05, 0.1) is 22.7 Å². The van der Waals surface area contributed by atoms with Crippen molar-refractivity contribution < 1.29 is 18.4 Å². The second kappa shape index (κ2) is 9.00. The van der Waals surface area contributed by atoms with Crippen LogP contribution in [-0.4, -0.2) is 31.1 Å². The van der Waals surface area contributed by atoms with Crippen LogP contribution in [0.4, 0.5) is 8.78 Å². The van der Waals surface area contributed by atoms with Gasteiger partial charge in [0.25, 0.3) is 17.4 Å². The maximum absolute atomic E-state index is 13.8. The van der Waals surface area contributed by atoms with Gasteiger partial charge in [-0.25, -0.2) is 18.4 Å². The third kappa shape index (κ3) is 4.00. The van der Waals surface area contributed by atoms with Crippen molar-refractivity contribution in [3.05, 3.63) is 70.4 Å². The first kappa shape index (κ1) is 23.0. The average molecular weight is 468 g/mol. The normalized spacial score (nSPS) is 12.3. The first-order valence-electron chi connectivity index (χ1n) is 10.6. The quantitative estimate of drug-likeness (QED) is 0.438. The Kier molecular flexibility index (Phi) is 6.10. The van der Waals surface area contributed by atoms with Crippen LogP contribution >= 0.6 is 0 Å². The lowest BCUT2D eigenvalue weighted by Crippen LogP contribution is -2.46. The average Bonchev–Trinajstić information content (AvgIpc) is 3.20. The van der Waals surface area contributed by atoms with E-state index in [1.165, 1.54) is 15.6 Å². The number of aryl methyl sites for hydroxylation is 1. The van der Waals surface area contributed by atoms with Gasteiger partial charge in [-0.3, -0.25) is 25.2 Å². The van der Waals surface area contributed by atoms with Crippen LogP contribution in [0.1, 0.15) is 37.3 Å². The van der Waals surface area contributed by atoms with Gasteiger partial charge in [0.1, 0.15) is 6.04 Å². The number of imidazole rings is 1. The molecule has 9 nitrogen and oxygen atoms in total. The van der Waals surface area contributed by atoms with Gasteiger partial charge >= 0.3 is 0 Å².